The van der Waals surface area contributed by atoms with E-state index in [1.165, 1.54) is 24.1 Å². The van der Waals surface area contributed by atoms with Gasteiger partial charge in [0.1, 0.15) is 0 Å². The average molecular weight is 297 g/mol. The molecule has 1 aromatic heterocycles. The van der Waals surface area contributed by atoms with Crippen LogP contribution in [0.3, 0.4) is 0 Å². The van der Waals surface area contributed by atoms with Crippen LogP contribution in [0, 0.1) is 5.92 Å². The van der Waals surface area contributed by atoms with Crippen LogP contribution in [0.25, 0.3) is 0 Å². The number of thiazole rings is 1. The summed E-state index contributed by atoms with van der Waals surface area (Å²) in [5.74, 6) is 0.697. The van der Waals surface area contributed by atoms with Gasteiger partial charge in [0.15, 0.2) is 5.13 Å². The molecule has 1 N–H and O–H groups in total. The zero-order valence-electron chi connectivity index (χ0n) is 13.1. The maximum atomic E-state index is 5.28. The van der Waals surface area contributed by atoms with Crippen molar-refractivity contribution in [2.45, 2.75) is 52.3 Å². The van der Waals surface area contributed by atoms with Crippen LogP contribution >= 0.6 is 11.3 Å². The Morgan fingerprint density at radius 1 is 1.50 bits per heavy atom. The number of hydrogen-bond donors (Lipinski definition) is 1. The lowest BCUT2D eigenvalue weighted by atomic mass is 10.1. The second kappa shape index (κ2) is 7.38. The molecule has 2 rings (SSSR count). The van der Waals surface area contributed by atoms with Gasteiger partial charge in [-0.3, -0.25) is 0 Å². The fourth-order valence-corrected chi connectivity index (χ4v) is 3.10. The van der Waals surface area contributed by atoms with Crippen LogP contribution in [0.15, 0.2) is 0 Å². The molecule has 0 bridgehead atoms. The molecule has 1 unspecified atom stereocenters. The zero-order chi connectivity index (χ0) is 14.5. The highest BCUT2D eigenvalue weighted by molar-refractivity contribution is 7.15. The summed E-state index contributed by atoms with van der Waals surface area (Å²) < 4.78 is 5.28. The highest BCUT2D eigenvalue weighted by Crippen LogP contribution is 2.28. The molecule has 1 heterocycles. The van der Waals surface area contributed by atoms with Crippen LogP contribution in [-0.2, 0) is 17.9 Å². The number of methoxy groups -OCH3 is 1. The quantitative estimate of drug-likeness (QED) is 0.760. The van der Waals surface area contributed by atoms with Crippen molar-refractivity contribution in [1.82, 2.24) is 10.3 Å². The Kier molecular flexibility index (Phi) is 5.81. The number of nitrogens with zero attached hydrogens (tertiary/aromatic N) is 2. The van der Waals surface area contributed by atoms with Gasteiger partial charge in [-0.05, 0) is 18.8 Å². The number of aromatic nitrogens is 1. The number of ether oxygens (including phenoxy) is 1. The normalized spacial score (nSPS) is 16.4. The molecular weight excluding hydrogens is 270 g/mol. The van der Waals surface area contributed by atoms with Gasteiger partial charge in [-0.15, -0.1) is 11.3 Å². The number of anilines is 1. The SMILES string of the molecule is CCC(C)CN(C)c1nc(COC)c(CNC2CC2)s1. The van der Waals surface area contributed by atoms with Crippen LogP contribution in [0.1, 0.15) is 43.7 Å². The first-order chi connectivity index (χ1) is 9.63. The van der Waals surface area contributed by atoms with E-state index in [2.05, 4.69) is 31.1 Å². The van der Waals surface area contributed by atoms with Crippen molar-refractivity contribution < 1.29 is 4.74 Å². The Morgan fingerprint density at radius 3 is 2.85 bits per heavy atom. The predicted octanol–water partition coefficient (Wildman–Crippen LogP) is 3.02. The van der Waals surface area contributed by atoms with Gasteiger partial charge in [0.25, 0.3) is 0 Å². The maximum absolute atomic E-state index is 5.28. The third-order valence-corrected chi connectivity index (χ3v) is 5.00. The largest absolute Gasteiger partial charge is 0.378 e. The molecule has 1 atom stereocenters. The summed E-state index contributed by atoms with van der Waals surface area (Å²) in [5, 5.41) is 4.69. The van der Waals surface area contributed by atoms with Crippen LogP contribution < -0.4 is 10.2 Å². The van der Waals surface area contributed by atoms with E-state index < -0.39 is 0 Å². The molecule has 0 amide bonds. The van der Waals surface area contributed by atoms with Gasteiger partial charge in [-0.1, -0.05) is 20.3 Å². The van der Waals surface area contributed by atoms with Crippen molar-refractivity contribution >= 4 is 16.5 Å². The number of rotatable bonds is 9. The van der Waals surface area contributed by atoms with E-state index >= 15 is 0 Å². The first-order valence-electron chi connectivity index (χ1n) is 7.56. The molecule has 4 nitrogen and oxygen atoms in total. The fourth-order valence-electron chi connectivity index (χ4n) is 2.12. The van der Waals surface area contributed by atoms with E-state index in [9.17, 15) is 0 Å². The van der Waals surface area contributed by atoms with Crippen molar-refractivity contribution in [1.29, 1.82) is 0 Å². The van der Waals surface area contributed by atoms with E-state index in [0.717, 1.165) is 30.0 Å². The van der Waals surface area contributed by atoms with Gasteiger partial charge >= 0.3 is 0 Å². The zero-order valence-corrected chi connectivity index (χ0v) is 13.9. The number of nitrogens with one attached hydrogen (secondary N) is 1. The highest BCUT2D eigenvalue weighted by atomic mass is 32.1. The Bertz CT molecular complexity index is 417. The molecule has 1 aromatic rings. The molecule has 1 aliphatic carbocycles. The summed E-state index contributed by atoms with van der Waals surface area (Å²) in [7, 11) is 3.87. The molecular formula is C15H27N3OS. The van der Waals surface area contributed by atoms with Gasteiger partial charge in [-0.2, -0.15) is 0 Å². The summed E-state index contributed by atoms with van der Waals surface area (Å²) in [6.45, 7) is 7.12. The lowest BCUT2D eigenvalue weighted by Gasteiger charge is -2.19. The minimum atomic E-state index is 0.606. The van der Waals surface area contributed by atoms with E-state index in [1.54, 1.807) is 18.4 Å². The predicted molar refractivity (Wildman–Crippen MR) is 85.4 cm³/mol. The minimum Gasteiger partial charge on any atom is -0.378 e. The first-order valence-corrected chi connectivity index (χ1v) is 8.37. The molecule has 0 aromatic carbocycles. The lowest BCUT2D eigenvalue weighted by Crippen LogP contribution is -2.23. The van der Waals surface area contributed by atoms with Gasteiger partial charge in [-0.25, -0.2) is 4.98 Å². The summed E-state index contributed by atoms with van der Waals surface area (Å²) in [6.07, 6.45) is 3.84. The molecule has 114 valence electrons. The summed E-state index contributed by atoms with van der Waals surface area (Å²) in [6, 6.07) is 0.730. The van der Waals surface area contributed by atoms with Crippen LogP contribution in [0.4, 0.5) is 5.13 Å². The van der Waals surface area contributed by atoms with Gasteiger partial charge in [0, 0.05) is 38.2 Å². The van der Waals surface area contributed by atoms with Crippen LogP contribution in [0.5, 0.6) is 0 Å². The molecule has 0 aliphatic heterocycles. The maximum Gasteiger partial charge on any atom is 0.185 e. The van der Waals surface area contributed by atoms with Crippen molar-refractivity contribution in [3.05, 3.63) is 10.6 Å². The van der Waals surface area contributed by atoms with Crippen LogP contribution in [-0.4, -0.2) is 31.7 Å². The van der Waals surface area contributed by atoms with Gasteiger partial charge < -0.3 is 15.0 Å². The topological polar surface area (TPSA) is 37.4 Å². The molecule has 5 heteroatoms. The van der Waals surface area contributed by atoms with Crippen molar-refractivity contribution in [3.63, 3.8) is 0 Å². The Labute approximate surface area is 126 Å². The first kappa shape index (κ1) is 15.7. The second-order valence-electron chi connectivity index (χ2n) is 5.85. The standard InChI is InChI=1S/C15H27N3OS/c1-5-11(2)9-18(3)15-17-13(10-19-4)14(20-15)8-16-12-6-7-12/h11-12,16H,5-10H2,1-4H3. The number of hydrogen-bond acceptors (Lipinski definition) is 5. The van der Waals surface area contributed by atoms with Gasteiger partial charge in [0.05, 0.1) is 12.3 Å². The molecule has 1 saturated carbocycles. The smallest absolute Gasteiger partial charge is 0.185 e. The summed E-state index contributed by atoms with van der Waals surface area (Å²) in [5.41, 5.74) is 1.09. The monoisotopic (exact) mass is 297 g/mol. The van der Waals surface area contributed by atoms with E-state index in [-0.39, 0.29) is 0 Å². The van der Waals surface area contributed by atoms with Gasteiger partial charge in [0.2, 0.25) is 0 Å². The molecule has 1 fully saturated rings. The summed E-state index contributed by atoms with van der Waals surface area (Å²) in [4.78, 5) is 8.37. The third kappa shape index (κ3) is 4.43. The molecule has 1 aliphatic rings. The highest BCUT2D eigenvalue weighted by Gasteiger charge is 2.22. The Hall–Kier alpha value is -0.650. The second-order valence-corrected chi connectivity index (χ2v) is 6.91. The molecule has 20 heavy (non-hydrogen) atoms. The van der Waals surface area contributed by atoms with E-state index in [0.29, 0.717) is 12.5 Å². The Morgan fingerprint density at radius 2 is 2.25 bits per heavy atom. The van der Waals surface area contributed by atoms with Crippen molar-refractivity contribution in [2.75, 3.05) is 25.6 Å². The van der Waals surface area contributed by atoms with Crippen molar-refractivity contribution in [2.24, 2.45) is 5.92 Å². The minimum absolute atomic E-state index is 0.606. The molecule has 0 saturated heterocycles. The lowest BCUT2D eigenvalue weighted by molar-refractivity contribution is 0.181. The van der Waals surface area contributed by atoms with Crippen molar-refractivity contribution in [3.8, 4) is 0 Å². The third-order valence-electron chi connectivity index (χ3n) is 3.79. The van der Waals surface area contributed by atoms with Crippen LogP contribution in [0.2, 0.25) is 0 Å². The molecule has 0 spiro atoms. The Balaban J connectivity index is 2.01. The fraction of sp³-hybridized carbons (Fsp3) is 0.800. The van der Waals surface area contributed by atoms with E-state index in [1.807, 2.05) is 0 Å². The molecule has 0 radical (unpaired) electrons. The van der Waals surface area contributed by atoms with E-state index in [4.69, 9.17) is 9.72 Å². The summed E-state index contributed by atoms with van der Waals surface area (Å²) >= 11 is 1.80. The average Bonchev–Trinajstić information content (AvgIpc) is 3.17.